The molecule has 0 aliphatic rings. The molecule has 0 aromatic heterocycles. The summed E-state index contributed by atoms with van der Waals surface area (Å²) >= 11 is 0. The molecule has 4 N–H and O–H groups in total. The quantitative estimate of drug-likeness (QED) is 0.615. The Kier molecular flexibility index (Phi) is 5.74. The van der Waals surface area contributed by atoms with Crippen LogP contribution in [0.2, 0.25) is 6.04 Å². The highest BCUT2D eigenvalue weighted by atomic mass is 28.4. The molecule has 5 heteroatoms. The van der Waals surface area contributed by atoms with Gasteiger partial charge < -0.3 is 20.3 Å². The standard InChI is InChI=1S/C8H22N2O2Si/c1-7(9)5-6-13(11-3,12-4)8(2)10/h7-8H,5-6,9-10H2,1-4H3. The summed E-state index contributed by atoms with van der Waals surface area (Å²) in [6.07, 6.45) is 0.898. The summed E-state index contributed by atoms with van der Waals surface area (Å²) in [5.41, 5.74) is 11.5. The molecule has 13 heavy (non-hydrogen) atoms. The second kappa shape index (κ2) is 5.72. The molecular formula is C8H22N2O2Si. The number of hydrogen-bond acceptors (Lipinski definition) is 4. The molecule has 0 rings (SSSR count). The van der Waals surface area contributed by atoms with E-state index < -0.39 is 8.56 Å². The van der Waals surface area contributed by atoms with Gasteiger partial charge in [0, 0.05) is 25.9 Å². The lowest BCUT2D eigenvalue weighted by atomic mass is 10.3. The van der Waals surface area contributed by atoms with Crippen LogP contribution in [0.4, 0.5) is 0 Å². The van der Waals surface area contributed by atoms with Gasteiger partial charge in [0.05, 0.1) is 0 Å². The molecule has 0 spiro atoms. The van der Waals surface area contributed by atoms with Crippen molar-refractivity contribution in [3.05, 3.63) is 0 Å². The summed E-state index contributed by atoms with van der Waals surface area (Å²) in [5, 5.41) is 0. The van der Waals surface area contributed by atoms with Crippen LogP contribution in [-0.2, 0) is 8.85 Å². The van der Waals surface area contributed by atoms with E-state index in [4.69, 9.17) is 20.3 Å². The SMILES string of the molecule is CO[Si](CCC(C)N)(OC)C(C)N. The van der Waals surface area contributed by atoms with Gasteiger partial charge >= 0.3 is 8.56 Å². The molecule has 2 atom stereocenters. The van der Waals surface area contributed by atoms with E-state index in [1.54, 1.807) is 14.2 Å². The van der Waals surface area contributed by atoms with Crippen molar-refractivity contribution in [1.82, 2.24) is 0 Å². The predicted molar refractivity (Wildman–Crippen MR) is 56.5 cm³/mol. The third-order valence-electron chi connectivity index (χ3n) is 2.33. The van der Waals surface area contributed by atoms with E-state index in [-0.39, 0.29) is 11.7 Å². The van der Waals surface area contributed by atoms with Crippen LogP contribution >= 0.6 is 0 Å². The van der Waals surface area contributed by atoms with Crippen LogP contribution < -0.4 is 11.5 Å². The molecule has 0 fully saturated rings. The fraction of sp³-hybridized carbons (Fsp3) is 1.00. The van der Waals surface area contributed by atoms with Crippen molar-refractivity contribution < 1.29 is 8.85 Å². The summed E-state index contributed by atoms with van der Waals surface area (Å²) in [6.45, 7) is 3.91. The minimum Gasteiger partial charge on any atom is -0.397 e. The van der Waals surface area contributed by atoms with Crippen LogP contribution in [-0.4, -0.2) is 34.5 Å². The zero-order valence-electron chi connectivity index (χ0n) is 9.04. The zero-order chi connectivity index (χ0) is 10.5. The molecule has 80 valence electrons. The lowest BCUT2D eigenvalue weighted by molar-refractivity contribution is 0.230. The molecule has 0 aromatic carbocycles. The Morgan fingerprint density at radius 3 is 1.85 bits per heavy atom. The Bertz CT molecular complexity index is 138. The molecule has 0 saturated heterocycles. The van der Waals surface area contributed by atoms with Gasteiger partial charge in [0.15, 0.2) is 0 Å². The Labute approximate surface area is 81.8 Å². The highest BCUT2D eigenvalue weighted by molar-refractivity contribution is 6.68. The van der Waals surface area contributed by atoms with Crippen molar-refractivity contribution in [2.45, 2.75) is 38.0 Å². The molecular weight excluding hydrogens is 184 g/mol. The van der Waals surface area contributed by atoms with Gasteiger partial charge in [-0.25, -0.2) is 0 Å². The topological polar surface area (TPSA) is 70.5 Å². The number of hydrogen-bond donors (Lipinski definition) is 2. The monoisotopic (exact) mass is 206 g/mol. The largest absolute Gasteiger partial charge is 0.397 e. The minimum atomic E-state index is -2.19. The Hall–Kier alpha value is 0.0569. The summed E-state index contributed by atoms with van der Waals surface area (Å²) in [7, 11) is 1.15. The molecule has 0 aliphatic heterocycles. The normalized spacial score (nSPS) is 17.1. The van der Waals surface area contributed by atoms with E-state index in [2.05, 4.69) is 0 Å². The summed E-state index contributed by atoms with van der Waals surface area (Å²) in [5.74, 6) is 0. The number of nitrogens with two attached hydrogens (primary N) is 2. The average Bonchev–Trinajstić information content (AvgIpc) is 2.06. The minimum absolute atomic E-state index is 0.0266. The van der Waals surface area contributed by atoms with E-state index in [9.17, 15) is 0 Å². The van der Waals surface area contributed by atoms with E-state index in [1.165, 1.54) is 0 Å². The van der Waals surface area contributed by atoms with Gasteiger partial charge in [-0.2, -0.15) is 0 Å². The van der Waals surface area contributed by atoms with Crippen molar-refractivity contribution in [1.29, 1.82) is 0 Å². The van der Waals surface area contributed by atoms with Crippen LogP contribution in [0.5, 0.6) is 0 Å². The van der Waals surface area contributed by atoms with E-state index in [0.717, 1.165) is 12.5 Å². The average molecular weight is 206 g/mol. The summed E-state index contributed by atoms with van der Waals surface area (Å²) in [6, 6.07) is 1.03. The van der Waals surface area contributed by atoms with E-state index in [0.29, 0.717) is 0 Å². The van der Waals surface area contributed by atoms with E-state index >= 15 is 0 Å². The van der Waals surface area contributed by atoms with Gasteiger partial charge in [-0.1, -0.05) is 0 Å². The smallest absolute Gasteiger partial charge is 0.354 e. The Morgan fingerprint density at radius 2 is 1.62 bits per heavy atom. The lowest BCUT2D eigenvalue weighted by Gasteiger charge is -2.31. The summed E-state index contributed by atoms with van der Waals surface area (Å²) in [4.78, 5) is 0. The van der Waals surface area contributed by atoms with Gasteiger partial charge in [-0.05, 0) is 26.3 Å². The molecule has 0 amide bonds. The van der Waals surface area contributed by atoms with Gasteiger partial charge in [-0.3, -0.25) is 0 Å². The highest BCUT2D eigenvalue weighted by Crippen LogP contribution is 2.18. The van der Waals surface area contributed by atoms with Gasteiger partial charge in [0.1, 0.15) is 0 Å². The third kappa shape index (κ3) is 3.74. The zero-order valence-corrected chi connectivity index (χ0v) is 10.0. The first kappa shape index (κ1) is 13.1. The molecule has 0 radical (unpaired) electrons. The molecule has 0 aromatic rings. The maximum atomic E-state index is 5.85. The summed E-state index contributed by atoms with van der Waals surface area (Å²) < 4.78 is 10.9. The van der Waals surface area contributed by atoms with Crippen molar-refractivity contribution in [3.63, 3.8) is 0 Å². The number of rotatable bonds is 6. The van der Waals surface area contributed by atoms with Crippen molar-refractivity contribution in [3.8, 4) is 0 Å². The molecule has 2 unspecified atom stereocenters. The molecule has 0 saturated carbocycles. The van der Waals surface area contributed by atoms with Crippen LogP contribution in [0.25, 0.3) is 0 Å². The van der Waals surface area contributed by atoms with Crippen molar-refractivity contribution >= 4 is 8.56 Å². The fourth-order valence-corrected chi connectivity index (χ4v) is 3.95. The second-order valence-corrected chi connectivity index (χ2v) is 7.38. The van der Waals surface area contributed by atoms with Crippen LogP contribution in [0.15, 0.2) is 0 Å². The lowest BCUT2D eigenvalue weighted by Crippen LogP contribution is -2.55. The maximum Gasteiger partial charge on any atom is 0.354 e. The van der Waals surface area contributed by atoms with Crippen molar-refractivity contribution in [2.75, 3.05) is 14.2 Å². The first-order valence-corrected chi connectivity index (χ1v) is 6.70. The van der Waals surface area contributed by atoms with Crippen molar-refractivity contribution in [2.24, 2.45) is 11.5 Å². The first-order valence-electron chi connectivity index (χ1n) is 4.60. The molecule has 0 heterocycles. The highest BCUT2D eigenvalue weighted by Gasteiger charge is 2.39. The van der Waals surface area contributed by atoms with Crippen LogP contribution in [0.1, 0.15) is 20.3 Å². The first-order chi connectivity index (χ1) is 5.98. The van der Waals surface area contributed by atoms with Gasteiger partial charge in [0.25, 0.3) is 0 Å². The molecule has 0 aliphatic carbocycles. The predicted octanol–water partition coefficient (Wildman–Crippen LogP) is 0.345. The van der Waals surface area contributed by atoms with Crippen LogP contribution in [0.3, 0.4) is 0 Å². The molecule has 0 bridgehead atoms. The van der Waals surface area contributed by atoms with Crippen LogP contribution in [0, 0.1) is 0 Å². The maximum absolute atomic E-state index is 5.85. The Morgan fingerprint density at radius 1 is 1.15 bits per heavy atom. The fourth-order valence-electron chi connectivity index (χ4n) is 1.32. The molecule has 4 nitrogen and oxygen atoms in total. The Balaban J connectivity index is 4.22. The van der Waals surface area contributed by atoms with Gasteiger partial charge in [-0.15, -0.1) is 0 Å². The van der Waals surface area contributed by atoms with Gasteiger partial charge in [0.2, 0.25) is 0 Å². The van der Waals surface area contributed by atoms with E-state index in [1.807, 2.05) is 13.8 Å². The third-order valence-corrected chi connectivity index (χ3v) is 6.09. The second-order valence-electron chi connectivity index (χ2n) is 3.52.